The molecule has 1 heterocycles. The smallest absolute Gasteiger partial charge is 0.111 e. The summed E-state index contributed by atoms with van der Waals surface area (Å²) < 4.78 is 4.69. The molecule has 5 heteroatoms. The van der Waals surface area contributed by atoms with Crippen molar-refractivity contribution in [3.05, 3.63) is 6.92 Å². The Morgan fingerprint density at radius 2 is 1.67 bits per heavy atom. The number of ether oxygens (including phenoxy) is 1. The summed E-state index contributed by atoms with van der Waals surface area (Å²) in [6, 6.07) is 0. The van der Waals surface area contributed by atoms with E-state index in [1.165, 1.54) is 0 Å². The van der Waals surface area contributed by atoms with Crippen LogP contribution < -0.4 is 0 Å². The van der Waals surface area contributed by atoms with E-state index < -0.39 is 37.1 Å². The van der Waals surface area contributed by atoms with Gasteiger partial charge < -0.3 is 25.2 Å². The van der Waals surface area contributed by atoms with Crippen LogP contribution in [0.1, 0.15) is 0 Å². The first-order chi connectivity index (χ1) is 5.57. The Morgan fingerprint density at radius 3 is 2.17 bits per heavy atom. The first kappa shape index (κ1) is 9.88. The molecule has 0 saturated carbocycles. The maximum absolute atomic E-state index is 9.15. The SMILES string of the molecule is [C]C1O[C@H](CO)[C@H](O)[C@H](O)[C@H]1O. The molecule has 0 aromatic carbocycles. The second-order valence-electron chi connectivity index (χ2n) is 2.75. The van der Waals surface area contributed by atoms with Crippen LogP contribution in [0.3, 0.4) is 0 Å². The zero-order chi connectivity index (χ0) is 9.30. The van der Waals surface area contributed by atoms with Gasteiger partial charge in [0.25, 0.3) is 0 Å². The lowest BCUT2D eigenvalue weighted by Crippen LogP contribution is -2.57. The highest BCUT2D eigenvalue weighted by atomic mass is 16.5. The lowest BCUT2D eigenvalue weighted by atomic mass is 9.96. The van der Waals surface area contributed by atoms with E-state index in [4.69, 9.17) is 27.3 Å². The maximum atomic E-state index is 9.15. The van der Waals surface area contributed by atoms with E-state index in [1.807, 2.05) is 0 Å². The largest absolute Gasteiger partial charge is 0.394 e. The third kappa shape index (κ3) is 1.60. The quantitative estimate of drug-likeness (QED) is 0.351. The van der Waals surface area contributed by atoms with Gasteiger partial charge in [0.15, 0.2) is 0 Å². The van der Waals surface area contributed by atoms with Gasteiger partial charge in [0, 0.05) is 6.92 Å². The summed E-state index contributed by atoms with van der Waals surface area (Å²) in [6.45, 7) is 6.59. The first-order valence-corrected chi connectivity index (χ1v) is 3.59. The van der Waals surface area contributed by atoms with Gasteiger partial charge in [-0.25, -0.2) is 0 Å². The average molecular weight is 175 g/mol. The van der Waals surface area contributed by atoms with E-state index in [-0.39, 0.29) is 0 Å². The topological polar surface area (TPSA) is 90.2 Å². The van der Waals surface area contributed by atoms with Crippen LogP contribution in [0.15, 0.2) is 0 Å². The standard InChI is InChI=1S/C7H11O5/c1-3-5(9)7(11)6(10)4(2-8)12-3/h3-11H,2H2/t3?,4-,5+,6+,7-/m1/s1. The summed E-state index contributed by atoms with van der Waals surface area (Å²) in [5.74, 6) is 0. The highest BCUT2D eigenvalue weighted by molar-refractivity contribution is 4.92. The molecule has 3 radical (unpaired) electrons. The van der Waals surface area contributed by atoms with Gasteiger partial charge in [-0.3, -0.25) is 0 Å². The minimum absolute atomic E-state index is 0.486. The lowest BCUT2D eigenvalue weighted by molar-refractivity contribution is -0.217. The van der Waals surface area contributed by atoms with Crippen LogP contribution in [0.4, 0.5) is 0 Å². The van der Waals surface area contributed by atoms with Gasteiger partial charge >= 0.3 is 0 Å². The number of aliphatic hydroxyl groups excluding tert-OH is 4. The first-order valence-electron chi connectivity index (χ1n) is 3.59. The van der Waals surface area contributed by atoms with Crippen molar-refractivity contribution in [1.82, 2.24) is 0 Å². The summed E-state index contributed by atoms with van der Waals surface area (Å²) in [7, 11) is 0. The van der Waals surface area contributed by atoms with Gasteiger partial charge in [0.05, 0.1) is 12.7 Å². The molecule has 0 bridgehead atoms. The van der Waals surface area contributed by atoms with Crippen LogP contribution in [-0.2, 0) is 4.74 Å². The zero-order valence-corrected chi connectivity index (χ0v) is 6.29. The third-order valence-electron chi connectivity index (χ3n) is 1.89. The van der Waals surface area contributed by atoms with Crippen LogP contribution in [0, 0.1) is 6.92 Å². The Balaban J connectivity index is 2.63. The van der Waals surface area contributed by atoms with E-state index in [0.29, 0.717) is 0 Å². The van der Waals surface area contributed by atoms with Gasteiger partial charge in [0.1, 0.15) is 24.4 Å². The summed E-state index contributed by atoms with van der Waals surface area (Å²) in [4.78, 5) is 0. The highest BCUT2D eigenvalue weighted by Gasteiger charge is 2.41. The van der Waals surface area contributed by atoms with Crippen molar-refractivity contribution in [3.8, 4) is 0 Å². The Hall–Kier alpha value is -0.200. The van der Waals surface area contributed by atoms with Crippen molar-refractivity contribution in [3.63, 3.8) is 0 Å². The molecule has 1 unspecified atom stereocenters. The summed E-state index contributed by atoms with van der Waals surface area (Å²) in [5, 5.41) is 35.9. The second-order valence-corrected chi connectivity index (χ2v) is 2.75. The Bertz CT molecular complexity index is 146. The van der Waals surface area contributed by atoms with E-state index >= 15 is 0 Å². The summed E-state index contributed by atoms with van der Waals surface area (Å²) in [5.41, 5.74) is 0. The molecule has 69 valence electrons. The second kappa shape index (κ2) is 3.68. The molecule has 0 aromatic rings. The number of hydrogen-bond acceptors (Lipinski definition) is 5. The molecule has 0 aromatic heterocycles. The minimum atomic E-state index is -1.43. The van der Waals surface area contributed by atoms with Gasteiger partial charge in [0.2, 0.25) is 0 Å². The number of rotatable bonds is 1. The molecule has 5 nitrogen and oxygen atoms in total. The summed E-state index contributed by atoms with van der Waals surface area (Å²) >= 11 is 0. The van der Waals surface area contributed by atoms with Gasteiger partial charge in [-0.15, -0.1) is 0 Å². The molecule has 12 heavy (non-hydrogen) atoms. The van der Waals surface area contributed by atoms with Gasteiger partial charge in [-0.05, 0) is 0 Å². The highest BCUT2D eigenvalue weighted by Crippen LogP contribution is 2.19. The lowest BCUT2D eigenvalue weighted by Gasteiger charge is -2.38. The fourth-order valence-electron chi connectivity index (χ4n) is 1.10. The molecule has 0 spiro atoms. The van der Waals surface area contributed by atoms with E-state index in [1.54, 1.807) is 0 Å². The third-order valence-corrected chi connectivity index (χ3v) is 1.89. The molecule has 0 aliphatic carbocycles. The van der Waals surface area contributed by atoms with E-state index in [0.717, 1.165) is 0 Å². The van der Waals surface area contributed by atoms with Gasteiger partial charge in [-0.1, -0.05) is 0 Å². The fraction of sp³-hybridized carbons (Fsp3) is 0.857. The Kier molecular flexibility index (Phi) is 3.03. The molecule has 5 atom stereocenters. The molecule has 1 rings (SSSR count). The van der Waals surface area contributed by atoms with E-state index in [9.17, 15) is 0 Å². The maximum Gasteiger partial charge on any atom is 0.111 e. The van der Waals surface area contributed by atoms with Crippen molar-refractivity contribution < 1.29 is 25.2 Å². The predicted octanol–water partition coefficient (Wildman–Crippen LogP) is -2.58. The van der Waals surface area contributed by atoms with Crippen molar-refractivity contribution in [2.75, 3.05) is 6.61 Å². The van der Waals surface area contributed by atoms with E-state index in [2.05, 4.69) is 4.74 Å². The van der Waals surface area contributed by atoms with Gasteiger partial charge in [-0.2, -0.15) is 0 Å². The number of hydrogen-bond donors (Lipinski definition) is 4. The summed E-state index contributed by atoms with van der Waals surface area (Å²) in [6.07, 6.45) is -6.51. The zero-order valence-electron chi connectivity index (χ0n) is 6.29. The van der Waals surface area contributed by atoms with Crippen molar-refractivity contribution in [2.45, 2.75) is 30.5 Å². The molecule has 4 N–H and O–H groups in total. The fourth-order valence-corrected chi connectivity index (χ4v) is 1.10. The van der Waals surface area contributed by atoms with Crippen LogP contribution in [0.2, 0.25) is 0 Å². The van der Waals surface area contributed by atoms with Crippen molar-refractivity contribution in [1.29, 1.82) is 0 Å². The molecule has 1 aliphatic rings. The average Bonchev–Trinajstić information content (AvgIpc) is 2.08. The monoisotopic (exact) mass is 175 g/mol. The van der Waals surface area contributed by atoms with Crippen LogP contribution in [-0.4, -0.2) is 57.6 Å². The molecule has 1 saturated heterocycles. The molecule has 0 amide bonds. The molecular formula is C7H11O5. The minimum Gasteiger partial charge on any atom is -0.394 e. The van der Waals surface area contributed by atoms with Crippen molar-refractivity contribution in [2.24, 2.45) is 0 Å². The predicted molar refractivity (Wildman–Crippen MR) is 37.0 cm³/mol. The Morgan fingerprint density at radius 1 is 1.08 bits per heavy atom. The van der Waals surface area contributed by atoms with Crippen LogP contribution in [0.25, 0.3) is 0 Å². The van der Waals surface area contributed by atoms with Crippen molar-refractivity contribution >= 4 is 0 Å². The molecule has 1 aliphatic heterocycles. The van der Waals surface area contributed by atoms with Crippen LogP contribution >= 0.6 is 0 Å². The molecular weight excluding hydrogens is 164 g/mol. The van der Waals surface area contributed by atoms with Crippen LogP contribution in [0.5, 0.6) is 0 Å². The Labute approximate surface area is 70.2 Å². The molecule has 1 fully saturated rings. The number of aliphatic hydroxyl groups is 4. The normalized spacial score (nSPS) is 49.2.